The molecule has 0 aliphatic heterocycles. The Kier molecular flexibility index (Phi) is 6.05. The largest absolute Gasteiger partial charge is 0.375 e. The molecule has 5 nitrogen and oxygen atoms in total. The van der Waals surface area contributed by atoms with Gasteiger partial charge in [-0.15, -0.1) is 11.3 Å². The van der Waals surface area contributed by atoms with Gasteiger partial charge in [-0.05, 0) is 6.92 Å². The first-order valence-corrected chi connectivity index (χ1v) is 6.97. The third kappa shape index (κ3) is 5.28. The summed E-state index contributed by atoms with van der Waals surface area (Å²) in [5.41, 5.74) is 6.10. The van der Waals surface area contributed by atoms with E-state index in [2.05, 4.69) is 4.98 Å². The Bertz CT molecular complexity index is 342. The summed E-state index contributed by atoms with van der Waals surface area (Å²) in [6, 6.07) is 0. The molecule has 0 fully saturated rings. The first-order valence-electron chi connectivity index (χ1n) is 4.10. The summed E-state index contributed by atoms with van der Waals surface area (Å²) in [6.07, 6.45) is 0. The molecule has 0 saturated carbocycles. The Hall–Kier alpha value is -0.420. The number of nitrogens with zero attached hydrogens (tertiary/aromatic N) is 1. The summed E-state index contributed by atoms with van der Waals surface area (Å²) in [4.78, 5) is 3.97. The van der Waals surface area contributed by atoms with Crippen LogP contribution in [0.15, 0.2) is 5.38 Å². The zero-order chi connectivity index (χ0) is 10.6. The smallest absolute Gasteiger partial charge is 0.327 e. The molecule has 7 heteroatoms. The lowest BCUT2D eigenvalue weighted by molar-refractivity contribution is 0.208. The second-order valence-electron chi connectivity index (χ2n) is 2.64. The summed E-state index contributed by atoms with van der Waals surface area (Å²) in [5.74, 6) is 0. The SMILES string of the molecule is C.CCOP(C)(=O)OCc1csc(N)n1. The standard InChI is InChI=1S/C7H13N2O3PS.CH4/c1-3-11-13(2,10)12-4-6-5-14-7(8)9-6;/h5H,3-4H2,1-2H3,(H2,8,9);1H4. The number of nitrogens with two attached hydrogens (primary N) is 1. The number of aromatic nitrogens is 1. The fourth-order valence-corrected chi connectivity index (χ4v) is 2.30. The number of thiazole rings is 1. The maximum absolute atomic E-state index is 11.5. The van der Waals surface area contributed by atoms with Crippen LogP contribution in [-0.4, -0.2) is 18.3 Å². The van der Waals surface area contributed by atoms with Gasteiger partial charge in [-0.25, -0.2) is 4.98 Å². The van der Waals surface area contributed by atoms with Crippen molar-refractivity contribution in [2.45, 2.75) is 21.0 Å². The highest BCUT2D eigenvalue weighted by Gasteiger charge is 2.16. The summed E-state index contributed by atoms with van der Waals surface area (Å²) < 4.78 is 21.5. The monoisotopic (exact) mass is 252 g/mol. The zero-order valence-corrected chi connectivity index (χ0v) is 9.81. The number of hydrogen-bond acceptors (Lipinski definition) is 6. The average molecular weight is 252 g/mol. The van der Waals surface area contributed by atoms with Crippen molar-refractivity contribution < 1.29 is 13.6 Å². The van der Waals surface area contributed by atoms with E-state index < -0.39 is 7.60 Å². The molecule has 0 aromatic carbocycles. The van der Waals surface area contributed by atoms with E-state index >= 15 is 0 Å². The van der Waals surface area contributed by atoms with Crippen molar-refractivity contribution in [1.82, 2.24) is 4.98 Å². The molecule has 0 spiro atoms. The first-order chi connectivity index (χ1) is 6.53. The van der Waals surface area contributed by atoms with E-state index in [0.717, 1.165) is 0 Å². The Morgan fingerprint density at radius 1 is 1.60 bits per heavy atom. The number of nitrogen functional groups attached to an aromatic ring is 1. The lowest BCUT2D eigenvalue weighted by Crippen LogP contribution is -1.95. The normalized spacial score (nSPS) is 14.3. The molecular weight excluding hydrogens is 235 g/mol. The molecule has 15 heavy (non-hydrogen) atoms. The lowest BCUT2D eigenvalue weighted by Gasteiger charge is -2.11. The van der Waals surface area contributed by atoms with Crippen molar-refractivity contribution in [2.75, 3.05) is 19.0 Å². The van der Waals surface area contributed by atoms with Crippen LogP contribution in [0.4, 0.5) is 5.13 Å². The van der Waals surface area contributed by atoms with E-state index in [1.54, 1.807) is 12.3 Å². The van der Waals surface area contributed by atoms with Gasteiger partial charge in [-0.1, -0.05) is 7.43 Å². The second kappa shape index (κ2) is 6.23. The maximum atomic E-state index is 11.5. The highest BCUT2D eigenvalue weighted by Crippen LogP contribution is 2.44. The molecule has 0 bridgehead atoms. The molecule has 0 amide bonds. The van der Waals surface area contributed by atoms with Crippen LogP contribution in [0.2, 0.25) is 0 Å². The van der Waals surface area contributed by atoms with Crippen LogP contribution in [0.1, 0.15) is 20.0 Å². The van der Waals surface area contributed by atoms with Crippen LogP contribution < -0.4 is 5.73 Å². The van der Waals surface area contributed by atoms with Crippen LogP contribution in [0.25, 0.3) is 0 Å². The van der Waals surface area contributed by atoms with Gasteiger partial charge in [0.25, 0.3) is 0 Å². The first kappa shape index (κ1) is 14.6. The van der Waals surface area contributed by atoms with Crippen molar-refractivity contribution in [3.63, 3.8) is 0 Å². The van der Waals surface area contributed by atoms with Crippen LogP contribution in [-0.2, 0) is 20.2 Å². The Balaban J connectivity index is 0.00000196. The van der Waals surface area contributed by atoms with Gasteiger partial charge in [-0.2, -0.15) is 0 Å². The van der Waals surface area contributed by atoms with Gasteiger partial charge >= 0.3 is 7.60 Å². The van der Waals surface area contributed by atoms with E-state index in [0.29, 0.717) is 17.4 Å². The molecule has 0 saturated heterocycles. The van der Waals surface area contributed by atoms with Crippen LogP contribution >= 0.6 is 18.9 Å². The minimum absolute atomic E-state index is 0. The van der Waals surface area contributed by atoms with Crippen molar-refractivity contribution in [2.24, 2.45) is 0 Å². The van der Waals surface area contributed by atoms with Gasteiger partial charge < -0.3 is 14.8 Å². The third-order valence-corrected chi connectivity index (χ3v) is 3.43. The molecular formula is C8H17N2O3PS. The summed E-state index contributed by atoms with van der Waals surface area (Å²) in [5, 5.41) is 2.24. The van der Waals surface area contributed by atoms with Gasteiger partial charge in [-0.3, -0.25) is 4.57 Å². The number of hydrogen-bond donors (Lipinski definition) is 1. The molecule has 0 aliphatic carbocycles. The molecule has 2 N–H and O–H groups in total. The van der Waals surface area contributed by atoms with E-state index in [-0.39, 0.29) is 14.0 Å². The minimum Gasteiger partial charge on any atom is -0.375 e. The summed E-state index contributed by atoms with van der Waals surface area (Å²) in [7, 11) is -2.92. The minimum atomic E-state index is -2.92. The van der Waals surface area contributed by atoms with Crippen LogP contribution in [0.3, 0.4) is 0 Å². The van der Waals surface area contributed by atoms with Gasteiger partial charge in [0.05, 0.1) is 18.9 Å². The average Bonchev–Trinajstić information content (AvgIpc) is 2.48. The topological polar surface area (TPSA) is 74.4 Å². The molecule has 1 unspecified atom stereocenters. The second-order valence-corrected chi connectivity index (χ2v) is 5.59. The third-order valence-electron chi connectivity index (χ3n) is 1.38. The molecule has 1 aromatic rings. The fraction of sp³-hybridized carbons (Fsp3) is 0.625. The molecule has 1 atom stereocenters. The lowest BCUT2D eigenvalue weighted by atomic mass is 10.5. The fourth-order valence-electron chi connectivity index (χ4n) is 0.844. The summed E-state index contributed by atoms with van der Waals surface area (Å²) >= 11 is 1.32. The number of anilines is 1. The molecule has 0 radical (unpaired) electrons. The van der Waals surface area contributed by atoms with Gasteiger partial charge in [0.2, 0.25) is 0 Å². The van der Waals surface area contributed by atoms with E-state index in [1.165, 1.54) is 18.0 Å². The van der Waals surface area contributed by atoms with Crippen molar-refractivity contribution in [3.05, 3.63) is 11.1 Å². The Labute approximate surface area is 94.2 Å². The van der Waals surface area contributed by atoms with Crippen LogP contribution in [0.5, 0.6) is 0 Å². The summed E-state index contributed by atoms with van der Waals surface area (Å²) in [6.45, 7) is 3.74. The molecule has 1 aromatic heterocycles. The molecule has 0 aliphatic rings. The Morgan fingerprint density at radius 2 is 2.27 bits per heavy atom. The highest BCUT2D eigenvalue weighted by atomic mass is 32.1. The molecule has 88 valence electrons. The number of rotatable bonds is 5. The van der Waals surface area contributed by atoms with Gasteiger partial charge in [0.1, 0.15) is 0 Å². The van der Waals surface area contributed by atoms with Crippen molar-refractivity contribution in [1.29, 1.82) is 0 Å². The van der Waals surface area contributed by atoms with E-state index in [4.69, 9.17) is 14.8 Å². The predicted octanol–water partition coefficient (Wildman–Crippen LogP) is 2.74. The van der Waals surface area contributed by atoms with E-state index in [1.807, 2.05) is 0 Å². The highest BCUT2D eigenvalue weighted by molar-refractivity contribution is 7.52. The van der Waals surface area contributed by atoms with Crippen molar-refractivity contribution >= 4 is 24.1 Å². The predicted molar refractivity (Wildman–Crippen MR) is 63.2 cm³/mol. The van der Waals surface area contributed by atoms with Crippen LogP contribution in [0, 0.1) is 0 Å². The quantitative estimate of drug-likeness (QED) is 0.815. The van der Waals surface area contributed by atoms with Gasteiger partial charge in [0.15, 0.2) is 5.13 Å². The maximum Gasteiger partial charge on any atom is 0.327 e. The zero-order valence-electron chi connectivity index (χ0n) is 8.10. The molecule has 1 rings (SSSR count). The molecule has 1 heterocycles. The van der Waals surface area contributed by atoms with E-state index in [9.17, 15) is 4.57 Å². The van der Waals surface area contributed by atoms with Crippen molar-refractivity contribution in [3.8, 4) is 0 Å². The Morgan fingerprint density at radius 3 is 2.73 bits per heavy atom. The van der Waals surface area contributed by atoms with Gasteiger partial charge in [0, 0.05) is 12.0 Å².